The Kier molecular flexibility index (Phi) is 8.68. The molecule has 8 nitrogen and oxygen atoms in total. The zero-order chi connectivity index (χ0) is 26.4. The number of nitrogens with one attached hydrogen (secondary N) is 1. The molecule has 0 atom stereocenters. The first-order valence-corrected chi connectivity index (χ1v) is 13.0. The average Bonchev–Trinajstić information content (AvgIpc) is 3.30. The summed E-state index contributed by atoms with van der Waals surface area (Å²) >= 11 is 7.86. The minimum absolute atomic E-state index is 0.0331. The number of hydrogen-bond donors (Lipinski definition) is 1. The molecule has 2 aliphatic heterocycles. The van der Waals surface area contributed by atoms with Crippen LogP contribution in [0.4, 0.5) is 0 Å². The lowest BCUT2D eigenvalue weighted by Crippen LogP contribution is -2.35. The Balaban J connectivity index is 1.50. The molecule has 4 rings (SSSR count). The van der Waals surface area contributed by atoms with Crippen LogP contribution < -0.4 is 14.2 Å². The quantitative estimate of drug-likeness (QED) is 0.215. The number of carbonyl (C=O) groups is 1. The second-order valence-corrected chi connectivity index (χ2v) is 9.38. The number of para-hydroxylation sites is 1. The Labute approximate surface area is 225 Å². The Morgan fingerprint density at radius 3 is 2.68 bits per heavy atom. The number of hydrogen-bond acceptors (Lipinski definition) is 7. The standard InChI is InChI=1S/C27H27ClN4O4S/c1-4-9-18-10-7-8-11-21(18)35-12-13-36-24-20(28)15-17(16-22(24)34-6-3)14-19-25(29)32-27(30-26(19)33)37-23(5-2)31-32/h4,7-8,10-11,14-16,29H,1,5-6,9,12-13H2,2-3H3/b19-14-,29-25?. The first kappa shape index (κ1) is 26.5. The predicted molar refractivity (Wildman–Crippen MR) is 149 cm³/mol. The van der Waals surface area contributed by atoms with Crippen molar-refractivity contribution in [1.82, 2.24) is 5.01 Å². The second kappa shape index (κ2) is 12.1. The van der Waals surface area contributed by atoms with E-state index in [0.29, 0.717) is 53.3 Å². The molecule has 192 valence electrons. The third kappa shape index (κ3) is 6.06. The summed E-state index contributed by atoms with van der Waals surface area (Å²) in [6.45, 7) is 8.54. The molecule has 0 bridgehead atoms. The number of benzene rings is 2. The fourth-order valence-corrected chi connectivity index (χ4v) is 4.78. The molecule has 1 N–H and O–H groups in total. The summed E-state index contributed by atoms with van der Waals surface area (Å²) in [6, 6.07) is 11.2. The molecular weight excluding hydrogens is 512 g/mol. The van der Waals surface area contributed by atoms with Crippen LogP contribution in [0, 0.1) is 5.41 Å². The summed E-state index contributed by atoms with van der Waals surface area (Å²) in [7, 11) is 0. The molecule has 1 amide bonds. The number of amidine groups is 2. The number of aliphatic imine (C=N–C) groups is 1. The topological polar surface area (TPSA) is 96.6 Å². The van der Waals surface area contributed by atoms with Crippen LogP contribution in [0.2, 0.25) is 5.02 Å². The van der Waals surface area contributed by atoms with Gasteiger partial charge in [0, 0.05) is 0 Å². The lowest BCUT2D eigenvalue weighted by atomic mass is 10.1. The van der Waals surface area contributed by atoms with Gasteiger partial charge in [0.1, 0.15) is 24.0 Å². The van der Waals surface area contributed by atoms with Crippen LogP contribution >= 0.6 is 23.4 Å². The summed E-state index contributed by atoms with van der Waals surface area (Å²) in [6.07, 6.45) is 4.80. The molecule has 37 heavy (non-hydrogen) atoms. The normalized spacial score (nSPS) is 15.9. The average molecular weight is 539 g/mol. The van der Waals surface area contributed by atoms with E-state index < -0.39 is 5.91 Å². The van der Waals surface area contributed by atoms with Crippen molar-refractivity contribution in [3.63, 3.8) is 0 Å². The number of allylic oxidation sites excluding steroid dienone is 1. The van der Waals surface area contributed by atoms with Crippen molar-refractivity contribution in [2.24, 2.45) is 10.1 Å². The van der Waals surface area contributed by atoms with E-state index in [-0.39, 0.29) is 18.0 Å². The summed E-state index contributed by atoms with van der Waals surface area (Å²) in [5.41, 5.74) is 1.74. The van der Waals surface area contributed by atoms with Gasteiger partial charge >= 0.3 is 0 Å². The summed E-state index contributed by atoms with van der Waals surface area (Å²) in [4.78, 5) is 16.8. The minimum Gasteiger partial charge on any atom is -0.490 e. The molecule has 2 aromatic carbocycles. The molecular formula is C27H27ClN4O4S. The van der Waals surface area contributed by atoms with Gasteiger partial charge in [-0.1, -0.05) is 42.8 Å². The van der Waals surface area contributed by atoms with Gasteiger partial charge in [-0.3, -0.25) is 10.2 Å². The number of carbonyl (C=O) groups excluding carboxylic acids is 1. The fourth-order valence-electron chi connectivity index (χ4n) is 3.68. The molecule has 2 heterocycles. The smallest absolute Gasteiger partial charge is 0.283 e. The third-order valence-electron chi connectivity index (χ3n) is 5.37. The lowest BCUT2D eigenvalue weighted by Gasteiger charge is -2.20. The molecule has 0 spiro atoms. The van der Waals surface area contributed by atoms with Gasteiger partial charge in [0.2, 0.25) is 5.17 Å². The Morgan fingerprint density at radius 2 is 1.92 bits per heavy atom. The zero-order valence-corrected chi connectivity index (χ0v) is 22.2. The highest BCUT2D eigenvalue weighted by atomic mass is 35.5. The van der Waals surface area contributed by atoms with Crippen LogP contribution in [0.5, 0.6) is 17.2 Å². The van der Waals surface area contributed by atoms with E-state index in [1.807, 2.05) is 44.2 Å². The molecule has 0 unspecified atom stereocenters. The number of thioether (sulfide) groups is 1. The van der Waals surface area contributed by atoms with Gasteiger partial charge in [-0.25, -0.2) is 0 Å². The highest BCUT2D eigenvalue weighted by molar-refractivity contribution is 8.26. The predicted octanol–water partition coefficient (Wildman–Crippen LogP) is 5.95. The van der Waals surface area contributed by atoms with Crippen LogP contribution in [0.1, 0.15) is 31.4 Å². The van der Waals surface area contributed by atoms with Crippen molar-refractivity contribution in [2.45, 2.75) is 26.7 Å². The largest absolute Gasteiger partial charge is 0.490 e. The van der Waals surface area contributed by atoms with Gasteiger partial charge in [0.05, 0.1) is 17.2 Å². The minimum atomic E-state index is -0.500. The highest BCUT2D eigenvalue weighted by Crippen LogP contribution is 2.38. The van der Waals surface area contributed by atoms with E-state index in [1.165, 1.54) is 16.8 Å². The van der Waals surface area contributed by atoms with Crippen molar-refractivity contribution in [3.05, 3.63) is 70.8 Å². The van der Waals surface area contributed by atoms with E-state index in [9.17, 15) is 4.79 Å². The first-order valence-electron chi connectivity index (χ1n) is 11.8. The molecule has 0 aliphatic carbocycles. The maximum atomic E-state index is 12.7. The Hall–Kier alpha value is -3.56. The van der Waals surface area contributed by atoms with Gasteiger partial charge in [-0.15, -0.1) is 6.58 Å². The van der Waals surface area contributed by atoms with Crippen LogP contribution in [-0.4, -0.2) is 46.8 Å². The second-order valence-electron chi connectivity index (χ2n) is 7.93. The fraction of sp³-hybridized carbons (Fsp3) is 0.259. The third-order valence-corrected chi connectivity index (χ3v) is 6.70. The highest BCUT2D eigenvalue weighted by Gasteiger charge is 2.35. The molecule has 0 fully saturated rings. The Bertz CT molecular complexity index is 1320. The van der Waals surface area contributed by atoms with Crippen molar-refractivity contribution in [3.8, 4) is 17.2 Å². The molecule has 0 saturated heterocycles. The van der Waals surface area contributed by atoms with E-state index in [4.69, 9.17) is 31.2 Å². The monoisotopic (exact) mass is 538 g/mol. The van der Waals surface area contributed by atoms with Crippen molar-refractivity contribution >= 4 is 51.4 Å². The van der Waals surface area contributed by atoms with Crippen LogP contribution in [0.25, 0.3) is 6.08 Å². The van der Waals surface area contributed by atoms with Gasteiger partial charge < -0.3 is 14.2 Å². The van der Waals surface area contributed by atoms with Gasteiger partial charge in [-0.05, 0) is 66.9 Å². The molecule has 0 saturated carbocycles. The molecule has 0 aromatic heterocycles. The van der Waals surface area contributed by atoms with Crippen molar-refractivity contribution in [2.75, 3.05) is 19.8 Å². The first-order chi connectivity index (χ1) is 17.9. The van der Waals surface area contributed by atoms with E-state index in [0.717, 1.165) is 16.4 Å². The van der Waals surface area contributed by atoms with E-state index in [1.54, 1.807) is 18.2 Å². The van der Waals surface area contributed by atoms with Crippen LogP contribution in [0.15, 0.2) is 64.7 Å². The number of fused-ring (bicyclic) bond motifs is 1. The number of ether oxygens (including phenoxy) is 3. The number of amides is 1. The molecule has 0 radical (unpaired) electrons. The van der Waals surface area contributed by atoms with E-state index in [2.05, 4.69) is 16.7 Å². The maximum absolute atomic E-state index is 12.7. The van der Waals surface area contributed by atoms with E-state index >= 15 is 0 Å². The number of hydrazone groups is 1. The molecule has 2 aliphatic rings. The van der Waals surface area contributed by atoms with Crippen LogP contribution in [0.3, 0.4) is 0 Å². The number of halogens is 1. The van der Waals surface area contributed by atoms with Crippen molar-refractivity contribution in [1.29, 1.82) is 5.41 Å². The molecule has 2 aromatic rings. The molecule has 10 heteroatoms. The number of rotatable bonds is 11. The maximum Gasteiger partial charge on any atom is 0.283 e. The summed E-state index contributed by atoms with van der Waals surface area (Å²) in [5.74, 6) is 1.05. The van der Waals surface area contributed by atoms with Gasteiger partial charge in [0.15, 0.2) is 17.3 Å². The number of nitrogens with zero attached hydrogens (tertiary/aromatic N) is 3. The summed E-state index contributed by atoms with van der Waals surface area (Å²) in [5, 5.41) is 15.8. The van der Waals surface area contributed by atoms with Gasteiger partial charge in [0.25, 0.3) is 5.91 Å². The zero-order valence-electron chi connectivity index (χ0n) is 20.6. The SMILES string of the molecule is C=CCc1ccccc1OCCOc1c(Cl)cc(/C=C2/C(=N)N3N=C(CC)SC3=NC2=O)cc1OCC. The van der Waals surface area contributed by atoms with Crippen LogP contribution in [-0.2, 0) is 11.2 Å². The van der Waals surface area contributed by atoms with Gasteiger partial charge in [-0.2, -0.15) is 15.1 Å². The van der Waals surface area contributed by atoms with Crippen molar-refractivity contribution < 1.29 is 19.0 Å². The Morgan fingerprint density at radius 1 is 1.14 bits per heavy atom. The summed E-state index contributed by atoms with van der Waals surface area (Å²) < 4.78 is 17.6. The lowest BCUT2D eigenvalue weighted by molar-refractivity contribution is -0.114.